The number of nitrogens with zero attached hydrogens (tertiary/aromatic N) is 2. The molecule has 18 heavy (non-hydrogen) atoms. The summed E-state index contributed by atoms with van der Waals surface area (Å²) in [4.78, 5) is 11.3. The molecule has 2 rings (SSSR count). The summed E-state index contributed by atoms with van der Waals surface area (Å²) in [5.41, 5.74) is -0.715. The molecule has 6 heteroatoms. The summed E-state index contributed by atoms with van der Waals surface area (Å²) in [5, 5.41) is 4.07. The second-order valence-electron chi connectivity index (χ2n) is 3.26. The largest absolute Gasteiger partial charge is 0.431 e. The molecule has 0 N–H and O–H groups in total. The first kappa shape index (κ1) is 14.2. The standard InChI is InChI=1S/C10H7F3N2O.C2H6/c11-10(12,13)8-6-9(16)15(14-8)7-4-2-1-3-5-7;1-2/h1-5H,6H2;1-2H3. The summed E-state index contributed by atoms with van der Waals surface area (Å²) in [6.07, 6.45) is -5.24. The van der Waals surface area contributed by atoms with E-state index in [0.29, 0.717) is 5.69 Å². The number of halogens is 3. The molecule has 1 aliphatic rings. The first-order chi connectivity index (χ1) is 8.48. The molecule has 1 amide bonds. The minimum atomic E-state index is -4.54. The van der Waals surface area contributed by atoms with Crippen molar-refractivity contribution in [3.05, 3.63) is 30.3 Å². The summed E-state index contributed by atoms with van der Waals surface area (Å²) < 4.78 is 36.9. The van der Waals surface area contributed by atoms with Crippen LogP contribution in [0.15, 0.2) is 35.4 Å². The van der Waals surface area contributed by atoms with Gasteiger partial charge in [-0.15, -0.1) is 0 Å². The fourth-order valence-electron chi connectivity index (χ4n) is 1.36. The van der Waals surface area contributed by atoms with E-state index in [1.54, 1.807) is 18.2 Å². The fourth-order valence-corrected chi connectivity index (χ4v) is 1.36. The Hall–Kier alpha value is -1.85. The van der Waals surface area contributed by atoms with Gasteiger partial charge in [-0.05, 0) is 12.1 Å². The molecule has 0 aromatic heterocycles. The van der Waals surface area contributed by atoms with Crippen LogP contribution >= 0.6 is 0 Å². The molecule has 1 aromatic carbocycles. The Balaban J connectivity index is 0.000000771. The third-order valence-corrected chi connectivity index (χ3v) is 2.10. The van der Waals surface area contributed by atoms with Crippen molar-refractivity contribution in [1.29, 1.82) is 0 Å². The van der Waals surface area contributed by atoms with Crippen LogP contribution in [0, 0.1) is 0 Å². The number of hydrazone groups is 1. The van der Waals surface area contributed by atoms with Crippen LogP contribution in [-0.4, -0.2) is 17.8 Å². The molecule has 1 heterocycles. The van der Waals surface area contributed by atoms with Crippen LogP contribution in [0.3, 0.4) is 0 Å². The van der Waals surface area contributed by atoms with E-state index in [2.05, 4.69) is 5.10 Å². The number of carbonyl (C=O) groups excluding carboxylic acids is 1. The number of hydrogen-bond donors (Lipinski definition) is 0. The van der Waals surface area contributed by atoms with Gasteiger partial charge in [0.15, 0.2) is 5.71 Å². The number of amides is 1. The number of anilines is 1. The smallest absolute Gasteiger partial charge is 0.272 e. The normalized spacial score (nSPS) is 15.1. The predicted molar refractivity (Wildman–Crippen MR) is 63.4 cm³/mol. The average molecular weight is 258 g/mol. The molecule has 0 atom stereocenters. The van der Waals surface area contributed by atoms with E-state index in [1.807, 2.05) is 13.8 Å². The number of hydrogen-bond acceptors (Lipinski definition) is 2. The van der Waals surface area contributed by atoms with E-state index in [-0.39, 0.29) is 0 Å². The van der Waals surface area contributed by atoms with Crippen molar-refractivity contribution in [3.8, 4) is 0 Å². The monoisotopic (exact) mass is 258 g/mol. The first-order valence-corrected chi connectivity index (χ1v) is 5.51. The number of rotatable bonds is 1. The molecule has 0 spiro atoms. The zero-order chi connectivity index (χ0) is 13.8. The summed E-state index contributed by atoms with van der Waals surface area (Å²) in [7, 11) is 0. The Morgan fingerprint density at radius 2 is 1.72 bits per heavy atom. The van der Waals surface area contributed by atoms with Gasteiger partial charge in [0.05, 0.1) is 12.1 Å². The van der Waals surface area contributed by atoms with E-state index < -0.39 is 24.2 Å². The van der Waals surface area contributed by atoms with Gasteiger partial charge < -0.3 is 0 Å². The van der Waals surface area contributed by atoms with Crippen LogP contribution in [0.4, 0.5) is 18.9 Å². The number of para-hydroxylation sites is 1. The average Bonchev–Trinajstić information content (AvgIpc) is 2.75. The van der Waals surface area contributed by atoms with E-state index >= 15 is 0 Å². The highest BCUT2D eigenvalue weighted by Crippen LogP contribution is 2.27. The van der Waals surface area contributed by atoms with Gasteiger partial charge in [0.25, 0.3) is 5.91 Å². The van der Waals surface area contributed by atoms with Crippen molar-refractivity contribution in [2.45, 2.75) is 26.4 Å². The van der Waals surface area contributed by atoms with E-state index in [4.69, 9.17) is 0 Å². The molecular weight excluding hydrogens is 245 g/mol. The van der Waals surface area contributed by atoms with Crippen molar-refractivity contribution in [2.75, 3.05) is 5.01 Å². The Morgan fingerprint density at radius 3 is 2.17 bits per heavy atom. The van der Waals surface area contributed by atoms with Gasteiger partial charge in [-0.2, -0.15) is 18.3 Å². The Bertz CT molecular complexity index is 440. The van der Waals surface area contributed by atoms with Gasteiger partial charge in [0.1, 0.15) is 0 Å². The van der Waals surface area contributed by atoms with Crippen LogP contribution in [0.5, 0.6) is 0 Å². The lowest BCUT2D eigenvalue weighted by atomic mass is 10.2. The second-order valence-corrected chi connectivity index (χ2v) is 3.26. The lowest BCUT2D eigenvalue weighted by Gasteiger charge is -2.10. The highest BCUT2D eigenvalue weighted by Gasteiger charge is 2.42. The van der Waals surface area contributed by atoms with Gasteiger partial charge >= 0.3 is 6.18 Å². The lowest BCUT2D eigenvalue weighted by Crippen LogP contribution is -2.22. The minimum Gasteiger partial charge on any atom is -0.272 e. The highest BCUT2D eigenvalue weighted by atomic mass is 19.4. The number of carbonyl (C=O) groups is 1. The molecule has 3 nitrogen and oxygen atoms in total. The lowest BCUT2D eigenvalue weighted by molar-refractivity contribution is -0.117. The van der Waals surface area contributed by atoms with Gasteiger partial charge in [0.2, 0.25) is 0 Å². The maximum absolute atomic E-state index is 12.3. The second kappa shape index (κ2) is 5.66. The van der Waals surface area contributed by atoms with Gasteiger partial charge in [-0.1, -0.05) is 32.0 Å². The molecule has 0 radical (unpaired) electrons. The molecule has 0 fully saturated rings. The van der Waals surface area contributed by atoms with Crippen molar-refractivity contribution >= 4 is 17.3 Å². The van der Waals surface area contributed by atoms with E-state index in [9.17, 15) is 18.0 Å². The summed E-state index contributed by atoms with van der Waals surface area (Å²) in [6, 6.07) is 8.02. The molecule has 0 unspecified atom stereocenters. The molecular formula is C12H13F3N2O. The zero-order valence-corrected chi connectivity index (χ0v) is 10.0. The summed E-state index contributed by atoms with van der Waals surface area (Å²) >= 11 is 0. The number of alkyl halides is 3. The predicted octanol–water partition coefficient (Wildman–Crippen LogP) is 3.37. The van der Waals surface area contributed by atoms with Crippen LogP contribution in [-0.2, 0) is 4.79 Å². The van der Waals surface area contributed by atoms with Gasteiger partial charge in [-0.25, -0.2) is 5.01 Å². The highest BCUT2D eigenvalue weighted by molar-refractivity contribution is 6.14. The SMILES string of the molecule is CC.O=C1CC(C(F)(F)F)=NN1c1ccccc1. The molecule has 1 aromatic rings. The van der Waals surface area contributed by atoms with Crippen LogP contribution in [0.25, 0.3) is 0 Å². The molecule has 0 bridgehead atoms. The Labute approximate surface area is 103 Å². The fraction of sp³-hybridized carbons (Fsp3) is 0.333. The third-order valence-electron chi connectivity index (χ3n) is 2.10. The molecule has 0 saturated carbocycles. The van der Waals surface area contributed by atoms with Crippen molar-refractivity contribution in [1.82, 2.24) is 0 Å². The molecule has 1 aliphatic heterocycles. The zero-order valence-electron chi connectivity index (χ0n) is 10.0. The van der Waals surface area contributed by atoms with Gasteiger partial charge in [0, 0.05) is 0 Å². The quantitative estimate of drug-likeness (QED) is 0.760. The van der Waals surface area contributed by atoms with E-state index in [0.717, 1.165) is 5.01 Å². The maximum atomic E-state index is 12.3. The Morgan fingerprint density at radius 1 is 1.17 bits per heavy atom. The van der Waals surface area contributed by atoms with Crippen LogP contribution in [0.2, 0.25) is 0 Å². The maximum Gasteiger partial charge on any atom is 0.431 e. The first-order valence-electron chi connectivity index (χ1n) is 5.51. The van der Waals surface area contributed by atoms with Crippen molar-refractivity contribution in [3.63, 3.8) is 0 Å². The topological polar surface area (TPSA) is 32.7 Å². The van der Waals surface area contributed by atoms with Crippen LogP contribution in [0.1, 0.15) is 20.3 Å². The summed E-state index contributed by atoms with van der Waals surface area (Å²) in [5.74, 6) is -0.668. The van der Waals surface area contributed by atoms with Crippen LogP contribution < -0.4 is 5.01 Å². The van der Waals surface area contributed by atoms with Crippen molar-refractivity contribution < 1.29 is 18.0 Å². The molecule has 98 valence electrons. The van der Waals surface area contributed by atoms with Crippen molar-refractivity contribution in [2.24, 2.45) is 5.10 Å². The van der Waals surface area contributed by atoms with E-state index in [1.165, 1.54) is 12.1 Å². The number of benzene rings is 1. The minimum absolute atomic E-state index is 0.340. The third kappa shape index (κ3) is 3.09. The summed E-state index contributed by atoms with van der Waals surface area (Å²) in [6.45, 7) is 4.00. The molecule has 0 saturated heterocycles. The Kier molecular flexibility index (Phi) is 4.47. The van der Waals surface area contributed by atoms with Gasteiger partial charge in [-0.3, -0.25) is 4.79 Å². The molecule has 0 aliphatic carbocycles.